The van der Waals surface area contributed by atoms with E-state index >= 15 is 0 Å². The van der Waals surface area contributed by atoms with Crippen molar-refractivity contribution in [1.29, 1.82) is 0 Å². The van der Waals surface area contributed by atoms with Crippen LogP contribution in [0, 0.1) is 0 Å². The molecule has 27 heavy (non-hydrogen) atoms. The quantitative estimate of drug-likeness (QED) is 0.556. The van der Waals surface area contributed by atoms with Crippen molar-refractivity contribution in [1.82, 2.24) is 9.78 Å². The van der Waals surface area contributed by atoms with E-state index in [2.05, 4.69) is 34.7 Å². The summed E-state index contributed by atoms with van der Waals surface area (Å²) in [6.07, 6.45) is 5.57. The second-order valence-electron chi connectivity index (χ2n) is 6.41. The van der Waals surface area contributed by atoms with Crippen molar-refractivity contribution in [2.75, 3.05) is 18.5 Å². The molecule has 0 atom stereocenters. The Balaban J connectivity index is 1.30. The van der Waals surface area contributed by atoms with Gasteiger partial charge < -0.3 is 10.1 Å². The molecule has 0 radical (unpaired) electrons. The second-order valence-corrected chi connectivity index (χ2v) is 6.41. The fourth-order valence-corrected chi connectivity index (χ4v) is 2.78. The smallest absolute Gasteiger partial charge is 0.224 e. The van der Waals surface area contributed by atoms with E-state index in [9.17, 15) is 4.79 Å². The monoisotopic (exact) mass is 363 g/mol. The van der Waals surface area contributed by atoms with Crippen LogP contribution >= 0.6 is 0 Å². The Bertz CT molecular complexity index is 816. The summed E-state index contributed by atoms with van der Waals surface area (Å²) in [4.78, 5) is 12.0. The fourth-order valence-electron chi connectivity index (χ4n) is 2.78. The first kappa shape index (κ1) is 18.9. The largest absolute Gasteiger partial charge is 0.381 e. The Kier molecular flexibility index (Phi) is 7.18. The number of nitrogens with one attached hydrogen (secondary N) is 1. The number of hydrogen-bond donors (Lipinski definition) is 1. The first-order valence-electron chi connectivity index (χ1n) is 9.27. The van der Waals surface area contributed by atoms with Crippen LogP contribution < -0.4 is 5.32 Å². The average molecular weight is 363 g/mol. The maximum atomic E-state index is 12.0. The van der Waals surface area contributed by atoms with Crippen LogP contribution in [0.25, 0.3) is 0 Å². The highest BCUT2D eigenvalue weighted by Crippen LogP contribution is 2.09. The molecule has 0 saturated carbocycles. The van der Waals surface area contributed by atoms with Gasteiger partial charge in [-0.3, -0.25) is 9.48 Å². The van der Waals surface area contributed by atoms with Gasteiger partial charge in [0, 0.05) is 19.2 Å². The average Bonchev–Trinajstić information content (AvgIpc) is 3.13. The minimum atomic E-state index is -0.0130. The molecule has 2 aromatic carbocycles. The lowest BCUT2D eigenvalue weighted by Gasteiger charge is -2.05. The molecule has 0 bridgehead atoms. The number of anilines is 1. The predicted octanol–water partition coefficient (Wildman–Crippen LogP) is 3.91. The number of hydrogen-bond acceptors (Lipinski definition) is 3. The third-order valence-corrected chi connectivity index (χ3v) is 4.17. The van der Waals surface area contributed by atoms with Crippen LogP contribution in [0.15, 0.2) is 73.1 Å². The van der Waals surface area contributed by atoms with Crippen LogP contribution in [0.3, 0.4) is 0 Å². The standard InChI is InChI=1S/C22H25N3O2/c26-22(12-7-14-27-15-13-19-8-3-1-4-9-19)24-21-16-23-25(18-21)17-20-10-5-2-6-11-20/h1-6,8-11,16,18H,7,12-15,17H2,(H,24,26). The molecule has 0 aliphatic carbocycles. The zero-order valence-electron chi connectivity index (χ0n) is 15.4. The van der Waals surface area contributed by atoms with Crippen molar-refractivity contribution in [3.8, 4) is 0 Å². The molecule has 0 saturated heterocycles. The molecule has 3 rings (SSSR count). The summed E-state index contributed by atoms with van der Waals surface area (Å²) in [6.45, 7) is 1.96. The zero-order valence-corrected chi connectivity index (χ0v) is 15.4. The summed E-state index contributed by atoms with van der Waals surface area (Å²) in [7, 11) is 0. The molecular formula is C22H25N3O2. The number of carbonyl (C=O) groups excluding carboxylic acids is 1. The molecule has 5 heteroatoms. The van der Waals surface area contributed by atoms with Crippen LogP contribution in [0.4, 0.5) is 5.69 Å². The van der Waals surface area contributed by atoms with Gasteiger partial charge in [0.2, 0.25) is 5.91 Å². The molecule has 0 fully saturated rings. The van der Waals surface area contributed by atoms with E-state index in [1.165, 1.54) is 11.1 Å². The van der Waals surface area contributed by atoms with Crippen molar-refractivity contribution < 1.29 is 9.53 Å². The fraction of sp³-hybridized carbons (Fsp3) is 0.273. The van der Waals surface area contributed by atoms with E-state index in [1.54, 1.807) is 6.20 Å². The lowest BCUT2D eigenvalue weighted by Crippen LogP contribution is -2.12. The number of benzene rings is 2. The second kappa shape index (κ2) is 10.3. The van der Waals surface area contributed by atoms with E-state index in [0.29, 0.717) is 32.6 Å². The highest BCUT2D eigenvalue weighted by atomic mass is 16.5. The first-order valence-corrected chi connectivity index (χ1v) is 9.27. The van der Waals surface area contributed by atoms with Gasteiger partial charge in [-0.25, -0.2) is 0 Å². The molecule has 1 N–H and O–H groups in total. The predicted molar refractivity (Wildman–Crippen MR) is 107 cm³/mol. The van der Waals surface area contributed by atoms with Gasteiger partial charge in [-0.2, -0.15) is 5.10 Å². The van der Waals surface area contributed by atoms with Crippen molar-refractivity contribution in [2.24, 2.45) is 0 Å². The van der Waals surface area contributed by atoms with Gasteiger partial charge in [-0.05, 0) is 24.0 Å². The minimum absolute atomic E-state index is 0.0130. The van der Waals surface area contributed by atoms with Crippen molar-refractivity contribution in [2.45, 2.75) is 25.8 Å². The SMILES string of the molecule is O=C(CCCOCCc1ccccc1)Nc1cnn(Cc2ccccc2)c1. The summed E-state index contributed by atoms with van der Waals surface area (Å²) in [5.74, 6) is -0.0130. The lowest BCUT2D eigenvalue weighted by atomic mass is 10.2. The Morgan fingerprint density at radius 3 is 2.41 bits per heavy atom. The van der Waals surface area contributed by atoms with E-state index in [-0.39, 0.29) is 5.91 Å². The maximum Gasteiger partial charge on any atom is 0.224 e. The zero-order chi connectivity index (χ0) is 18.7. The van der Waals surface area contributed by atoms with Crippen LogP contribution in [0.1, 0.15) is 24.0 Å². The summed E-state index contributed by atoms with van der Waals surface area (Å²) < 4.78 is 7.43. The van der Waals surface area contributed by atoms with E-state index in [0.717, 1.165) is 12.1 Å². The molecule has 140 valence electrons. The Labute approximate surface area is 160 Å². The summed E-state index contributed by atoms with van der Waals surface area (Å²) in [5, 5.41) is 7.18. The summed E-state index contributed by atoms with van der Waals surface area (Å²) in [6, 6.07) is 20.4. The molecule has 0 unspecified atom stereocenters. The molecule has 1 amide bonds. The third-order valence-electron chi connectivity index (χ3n) is 4.17. The van der Waals surface area contributed by atoms with E-state index in [1.807, 2.05) is 47.3 Å². The summed E-state index contributed by atoms with van der Waals surface area (Å²) in [5.41, 5.74) is 3.16. The Morgan fingerprint density at radius 1 is 0.963 bits per heavy atom. The molecule has 0 spiro atoms. The van der Waals surface area contributed by atoms with E-state index < -0.39 is 0 Å². The third kappa shape index (κ3) is 6.72. The molecule has 0 aliphatic heterocycles. The van der Waals surface area contributed by atoms with Gasteiger partial charge in [-0.15, -0.1) is 0 Å². The molecule has 5 nitrogen and oxygen atoms in total. The lowest BCUT2D eigenvalue weighted by molar-refractivity contribution is -0.116. The summed E-state index contributed by atoms with van der Waals surface area (Å²) >= 11 is 0. The minimum Gasteiger partial charge on any atom is -0.381 e. The molecule has 1 heterocycles. The molecule has 0 aliphatic rings. The topological polar surface area (TPSA) is 56.1 Å². The van der Waals surface area contributed by atoms with Gasteiger partial charge in [0.1, 0.15) is 0 Å². The highest BCUT2D eigenvalue weighted by Gasteiger charge is 2.05. The normalized spacial score (nSPS) is 10.7. The van der Waals surface area contributed by atoms with Crippen LogP contribution in [0.5, 0.6) is 0 Å². The Morgan fingerprint density at radius 2 is 1.67 bits per heavy atom. The van der Waals surface area contributed by atoms with E-state index in [4.69, 9.17) is 4.74 Å². The first-order chi connectivity index (χ1) is 13.3. The van der Waals surface area contributed by atoms with Crippen molar-refractivity contribution in [3.63, 3.8) is 0 Å². The van der Waals surface area contributed by atoms with Crippen LogP contribution in [0.2, 0.25) is 0 Å². The number of aromatic nitrogens is 2. The Hall–Kier alpha value is -2.92. The van der Waals surface area contributed by atoms with Gasteiger partial charge in [0.15, 0.2) is 0 Å². The van der Waals surface area contributed by atoms with Gasteiger partial charge in [0.05, 0.1) is 25.0 Å². The number of ether oxygens (including phenoxy) is 1. The van der Waals surface area contributed by atoms with Gasteiger partial charge in [-0.1, -0.05) is 60.7 Å². The molecular weight excluding hydrogens is 338 g/mol. The van der Waals surface area contributed by atoms with Gasteiger partial charge in [0.25, 0.3) is 0 Å². The number of nitrogens with zero attached hydrogens (tertiary/aromatic N) is 2. The maximum absolute atomic E-state index is 12.0. The van der Waals surface area contributed by atoms with Crippen molar-refractivity contribution in [3.05, 3.63) is 84.2 Å². The van der Waals surface area contributed by atoms with Crippen molar-refractivity contribution >= 4 is 11.6 Å². The molecule has 3 aromatic rings. The van der Waals surface area contributed by atoms with Crippen LogP contribution in [-0.4, -0.2) is 28.9 Å². The number of rotatable bonds is 10. The highest BCUT2D eigenvalue weighted by molar-refractivity contribution is 5.90. The number of amides is 1. The van der Waals surface area contributed by atoms with Gasteiger partial charge >= 0.3 is 0 Å². The number of carbonyl (C=O) groups is 1. The van der Waals surface area contributed by atoms with Crippen LogP contribution in [-0.2, 0) is 22.5 Å². The molecule has 1 aromatic heterocycles.